The van der Waals surface area contributed by atoms with E-state index in [1.54, 1.807) is 0 Å². The molecular weight excluding hydrogens is 408 g/mol. The van der Waals surface area contributed by atoms with Crippen LogP contribution in [0.1, 0.15) is 11.1 Å². The molecule has 0 fully saturated rings. The summed E-state index contributed by atoms with van der Waals surface area (Å²) in [6, 6.07) is 34.6. The monoisotopic (exact) mass is 430 g/mol. The highest BCUT2D eigenvalue weighted by Gasteiger charge is 2.07. The lowest BCUT2D eigenvalue weighted by atomic mass is 10.2. The maximum Gasteiger partial charge on any atom is 0.0152 e. The fourth-order valence-corrected chi connectivity index (χ4v) is 5.79. The van der Waals surface area contributed by atoms with Crippen LogP contribution in [-0.4, -0.2) is 0 Å². The third kappa shape index (κ3) is 5.51. The van der Waals surface area contributed by atoms with Crippen molar-refractivity contribution < 1.29 is 0 Å². The van der Waals surface area contributed by atoms with Crippen molar-refractivity contribution in [1.29, 1.82) is 0 Å². The third-order valence-corrected chi connectivity index (χ3v) is 7.82. The second kappa shape index (κ2) is 9.62. The van der Waals surface area contributed by atoms with Gasteiger partial charge in [0.05, 0.1) is 0 Å². The summed E-state index contributed by atoms with van der Waals surface area (Å²) in [5.74, 6) is 0. The second-order valence-corrected chi connectivity index (χ2v) is 10.2. The molecule has 144 valence electrons. The highest BCUT2D eigenvalue weighted by molar-refractivity contribution is 8.00. The molecule has 0 aromatic heterocycles. The van der Waals surface area contributed by atoms with Crippen LogP contribution in [0.2, 0.25) is 0 Å². The van der Waals surface area contributed by atoms with E-state index in [0.29, 0.717) is 0 Å². The number of aryl methyl sites for hydroxylation is 2. The molecule has 0 heterocycles. The quantitative estimate of drug-likeness (QED) is 0.300. The summed E-state index contributed by atoms with van der Waals surface area (Å²) >= 11 is 5.47. The van der Waals surface area contributed by atoms with Gasteiger partial charge in [0, 0.05) is 29.4 Å². The lowest BCUT2D eigenvalue weighted by molar-refractivity contribution is 1.21. The zero-order valence-corrected chi connectivity index (χ0v) is 18.9. The maximum absolute atomic E-state index is 2.29. The van der Waals surface area contributed by atoms with Gasteiger partial charge in [-0.15, -0.1) is 0 Å². The minimum Gasteiger partial charge on any atom is -0.0901 e. The predicted octanol–water partition coefficient (Wildman–Crippen LogP) is 8.76. The molecule has 29 heavy (non-hydrogen) atoms. The lowest BCUT2D eigenvalue weighted by Crippen LogP contribution is -1.85. The molecule has 3 heteroatoms. The Bertz CT molecular complexity index is 1000. The molecule has 0 aliphatic carbocycles. The van der Waals surface area contributed by atoms with Crippen molar-refractivity contribution >= 4 is 35.3 Å². The topological polar surface area (TPSA) is 0 Å². The molecule has 0 amide bonds. The average Bonchev–Trinajstić information content (AvgIpc) is 2.73. The molecule has 0 spiro atoms. The van der Waals surface area contributed by atoms with Crippen LogP contribution in [0.5, 0.6) is 0 Å². The lowest BCUT2D eigenvalue weighted by Gasteiger charge is -2.11. The van der Waals surface area contributed by atoms with Gasteiger partial charge in [-0.2, -0.15) is 0 Å². The molecule has 4 rings (SSSR count). The van der Waals surface area contributed by atoms with Crippen molar-refractivity contribution in [3.05, 3.63) is 108 Å². The van der Waals surface area contributed by atoms with Gasteiger partial charge in [0.1, 0.15) is 0 Å². The summed E-state index contributed by atoms with van der Waals surface area (Å²) in [5, 5.41) is 0. The van der Waals surface area contributed by atoms with Crippen molar-refractivity contribution in [3.63, 3.8) is 0 Å². The Morgan fingerprint density at radius 1 is 0.414 bits per heavy atom. The van der Waals surface area contributed by atoms with Crippen molar-refractivity contribution in [2.24, 2.45) is 0 Å². The summed E-state index contributed by atoms with van der Waals surface area (Å²) in [7, 11) is 0. The van der Waals surface area contributed by atoms with Gasteiger partial charge in [-0.3, -0.25) is 0 Å². The van der Waals surface area contributed by atoms with Crippen LogP contribution >= 0.6 is 35.3 Å². The molecule has 0 aliphatic heterocycles. The standard InChI is InChI=1S/C26H22S3/c1-19-17-23(27-21-9-5-3-6-10-21)13-15-25(19)29-26-16-14-24(18-20(26)2)28-22-11-7-4-8-12-22/h3-18H,1-2H3. The van der Waals surface area contributed by atoms with E-state index in [4.69, 9.17) is 0 Å². The Labute approximate surface area is 186 Å². The Hall–Kier alpha value is -2.07. The smallest absolute Gasteiger partial charge is 0.0152 e. The molecule has 0 bridgehead atoms. The number of benzene rings is 4. The summed E-state index contributed by atoms with van der Waals surface area (Å²) < 4.78 is 0. The number of hydrogen-bond donors (Lipinski definition) is 0. The Balaban J connectivity index is 1.47. The molecule has 0 N–H and O–H groups in total. The minimum absolute atomic E-state index is 1.27. The molecule has 0 atom stereocenters. The van der Waals surface area contributed by atoms with Crippen LogP contribution in [0.25, 0.3) is 0 Å². The fraction of sp³-hybridized carbons (Fsp3) is 0.0769. The maximum atomic E-state index is 2.29. The van der Waals surface area contributed by atoms with E-state index in [9.17, 15) is 0 Å². The molecule has 0 radical (unpaired) electrons. The van der Waals surface area contributed by atoms with E-state index in [1.165, 1.54) is 40.5 Å². The molecule has 4 aromatic carbocycles. The van der Waals surface area contributed by atoms with E-state index >= 15 is 0 Å². The Morgan fingerprint density at radius 3 is 1.21 bits per heavy atom. The highest BCUT2D eigenvalue weighted by Crippen LogP contribution is 2.37. The van der Waals surface area contributed by atoms with E-state index in [-0.39, 0.29) is 0 Å². The van der Waals surface area contributed by atoms with Crippen LogP contribution in [0, 0.1) is 13.8 Å². The van der Waals surface area contributed by atoms with Gasteiger partial charge in [0.2, 0.25) is 0 Å². The van der Waals surface area contributed by atoms with Gasteiger partial charge in [0.25, 0.3) is 0 Å². The van der Waals surface area contributed by atoms with Gasteiger partial charge in [-0.05, 0) is 85.6 Å². The molecular formula is C26H22S3. The van der Waals surface area contributed by atoms with Crippen LogP contribution < -0.4 is 0 Å². The normalized spacial score (nSPS) is 10.8. The minimum atomic E-state index is 1.27. The largest absolute Gasteiger partial charge is 0.0901 e. The second-order valence-electron chi connectivity index (χ2n) is 6.79. The van der Waals surface area contributed by atoms with E-state index in [2.05, 4.69) is 111 Å². The summed E-state index contributed by atoms with van der Waals surface area (Å²) in [6.07, 6.45) is 0. The van der Waals surface area contributed by atoms with Crippen molar-refractivity contribution in [3.8, 4) is 0 Å². The zero-order valence-electron chi connectivity index (χ0n) is 16.5. The highest BCUT2D eigenvalue weighted by atomic mass is 32.2. The van der Waals surface area contributed by atoms with Crippen LogP contribution in [0.3, 0.4) is 0 Å². The number of rotatable bonds is 6. The van der Waals surface area contributed by atoms with Gasteiger partial charge in [0.15, 0.2) is 0 Å². The van der Waals surface area contributed by atoms with Gasteiger partial charge in [-0.1, -0.05) is 71.7 Å². The predicted molar refractivity (Wildman–Crippen MR) is 128 cm³/mol. The molecule has 0 saturated carbocycles. The van der Waals surface area contributed by atoms with Crippen molar-refractivity contribution in [1.82, 2.24) is 0 Å². The Morgan fingerprint density at radius 2 is 0.828 bits per heavy atom. The zero-order chi connectivity index (χ0) is 20.1. The van der Waals surface area contributed by atoms with Gasteiger partial charge < -0.3 is 0 Å². The van der Waals surface area contributed by atoms with Crippen LogP contribution in [-0.2, 0) is 0 Å². The van der Waals surface area contributed by atoms with E-state index < -0.39 is 0 Å². The van der Waals surface area contributed by atoms with Crippen LogP contribution in [0.4, 0.5) is 0 Å². The first kappa shape index (κ1) is 20.2. The molecule has 4 aromatic rings. The van der Waals surface area contributed by atoms with Crippen molar-refractivity contribution in [2.45, 2.75) is 43.2 Å². The van der Waals surface area contributed by atoms with E-state index in [0.717, 1.165) is 0 Å². The molecule has 0 nitrogen and oxygen atoms in total. The molecule has 0 aliphatic rings. The SMILES string of the molecule is Cc1cc(Sc2ccccc2)ccc1Sc1ccc(Sc2ccccc2)cc1C. The average molecular weight is 431 g/mol. The molecule has 0 saturated heterocycles. The summed E-state index contributed by atoms with van der Waals surface area (Å²) in [6.45, 7) is 4.40. The fourth-order valence-electron chi connectivity index (χ4n) is 2.97. The third-order valence-electron chi connectivity index (χ3n) is 4.47. The summed E-state index contributed by atoms with van der Waals surface area (Å²) in [4.78, 5) is 7.74. The molecule has 0 unspecified atom stereocenters. The summed E-state index contributed by atoms with van der Waals surface area (Å²) in [5.41, 5.74) is 2.64. The van der Waals surface area contributed by atoms with Gasteiger partial charge in [-0.25, -0.2) is 0 Å². The number of hydrogen-bond acceptors (Lipinski definition) is 3. The van der Waals surface area contributed by atoms with Crippen LogP contribution in [0.15, 0.2) is 126 Å². The first-order valence-corrected chi connectivity index (χ1v) is 12.0. The van der Waals surface area contributed by atoms with Gasteiger partial charge >= 0.3 is 0 Å². The Kier molecular flexibility index (Phi) is 6.70. The first-order chi connectivity index (χ1) is 14.2. The first-order valence-electron chi connectivity index (χ1n) is 9.52. The van der Waals surface area contributed by atoms with Crippen molar-refractivity contribution in [2.75, 3.05) is 0 Å². The van der Waals surface area contributed by atoms with E-state index in [1.807, 2.05) is 35.3 Å².